The first-order chi connectivity index (χ1) is 16.5. The number of amides is 1. The molecule has 0 fully saturated rings. The number of nitrogens with zero attached hydrogens (tertiary/aromatic N) is 3. The minimum Gasteiger partial charge on any atom is -0.466 e. The largest absolute Gasteiger partial charge is 0.466 e. The maximum absolute atomic E-state index is 13.9. The van der Waals surface area contributed by atoms with Crippen LogP contribution in [0.1, 0.15) is 12.5 Å². The van der Waals surface area contributed by atoms with Gasteiger partial charge < -0.3 is 4.74 Å². The number of carbonyl (C=O) groups excluding carboxylic acids is 2. The zero-order valence-corrected chi connectivity index (χ0v) is 22.3. The Bertz CT molecular complexity index is 1450. The SMILES string of the molecule is COC(=O)C=CS(=O)(=O)c1cnc2n1[C@](C)(Cc1ccc(Br)cc1)C(=O)N2c1cc(Cl)cc(Cl)c1. The molecule has 1 aliphatic heterocycles. The number of hydrogen-bond donors (Lipinski definition) is 0. The molecule has 1 aromatic heterocycles. The van der Waals surface area contributed by atoms with Gasteiger partial charge in [-0.25, -0.2) is 23.1 Å². The summed E-state index contributed by atoms with van der Waals surface area (Å²) in [6.07, 6.45) is 2.11. The normalized spacial score (nSPS) is 17.7. The molecule has 2 heterocycles. The van der Waals surface area contributed by atoms with Crippen LogP contribution in [0.15, 0.2) is 69.6 Å². The van der Waals surface area contributed by atoms with Crippen molar-refractivity contribution >= 4 is 72.5 Å². The van der Waals surface area contributed by atoms with E-state index in [9.17, 15) is 18.0 Å². The molecule has 4 rings (SSSR count). The van der Waals surface area contributed by atoms with Crippen LogP contribution in [0.5, 0.6) is 0 Å². The van der Waals surface area contributed by atoms with Crippen LogP contribution in [0, 0.1) is 0 Å². The van der Waals surface area contributed by atoms with Crippen molar-refractivity contribution in [1.29, 1.82) is 0 Å². The number of imidazole rings is 1. The maximum atomic E-state index is 13.9. The number of fused-ring (bicyclic) bond motifs is 1. The molecule has 182 valence electrons. The molecule has 0 spiro atoms. The zero-order valence-electron chi connectivity index (χ0n) is 18.4. The highest BCUT2D eigenvalue weighted by molar-refractivity contribution is 9.10. The maximum Gasteiger partial charge on any atom is 0.331 e. The van der Waals surface area contributed by atoms with Gasteiger partial charge in [0.15, 0.2) is 5.03 Å². The average molecular weight is 599 g/mol. The molecule has 1 amide bonds. The fraction of sp³-hybridized carbons (Fsp3) is 0.174. The van der Waals surface area contributed by atoms with Crippen molar-refractivity contribution in [3.63, 3.8) is 0 Å². The molecule has 2 aromatic carbocycles. The molecule has 35 heavy (non-hydrogen) atoms. The molecule has 12 heteroatoms. The molecule has 0 saturated heterocycles. The average Bonchev–Trinajstić information content (AvgIpc) is 3.32. The van der Waals surface area contributed by atoms with Gasteiger partial charge >= 0.3 is 5.97 Å². The quantitative estimate of drug-likeness (QED) is 0.291. The van der Waals surface area contributed by atoms with Crippen LogP contribution >= 0.6 is 39.1 Å². The Labute approximate surface area is 220 Å². The highest BCUT2D eigenvalue weighted by Crippen LogP contribution is 2.44. The molecule has 1 aliphatic rings. The molecule has 1 atom stereocenters. The molecule has 0 unspecified atom stereocenters. The van der Waals surface area contributed by atoms with Crippen LogP contribution in [-0.2, 0) is 36.1 Å². The lowest BCUT2D eigenvalue weighted by Gasteiger charge is -2.26. The number of aromatic nitrogens is 2. The molecule has 0 aliphatic carbocycles. The van der Waals surface area contributed by atoms with Crippen molar-refractivity contribution in [1.82, 2.24) is 9.55 Å². The van der Waals surface area contributed by atoms with E-state index < -0.39 is 27.3 Å². The van der Waals surface area contributed by atoms with Gasteiger partial charge in [0, 0.05) is 32.4 Å². The predicted molar refractivity (Wildman–Crippen MR) is 136 cm³/mol. The van der Waals surface area contributed by atoms with Gasteiger partial charge in [-0.2, -0.15) is 0 Å². The lowest BCUT2D eigenvalue weighted by Crippen LogP contribution is -2.41. The predicted octanol–water partition coefficient (Wildman–Crippen LogP) is 5.05. The summed E-state index contributed by atoms with van der Waals surface area (Å²) in [6, 6.07) is 11.9. The van der Waals surface area contributed by atoms with E-state index >= 15 is 0 Å². The molecule has 0 bridgehead atoms. The van der Waals surface area contributed by atoms with Gasteiger partial charge in [-0.1, -0.05) is 51.3 Å². The third kappa shape index (κ3) is 4.75. The number of sulfone groups is 1. The molecule has 8 nitrogen and oxygen atoms in total. The molecule has 3 aromatic rings. The van der Waals surface area contributed by atoms with E-state index in [4.69, 9.17) is 23.2 Å². The highest BCUT2D eigenvalue weighted by atomic mass is 79.9. The Morgan fingerprint density at radius 2 is 1.80 bits per heavy atom. The van der Waals surface area contributed by atoms with Gasteiger partial charge in [0.2, 0.25) is 15.8 Å². The van der Waals surface area contributed by atoms with Crippen LogP contribution < -0.4 is 4.90 Å². The number of anilines is 2. The smallest absolute Gasteiger partial charge is 0.331 e. The van der Waals surface area contributed by atoms with Crippen molar-refractivity contribution < 1.29 is 22.7 Å². The van der Waals surface area contributed by atoms with E-state index in [-0.39, 0.29) is 17.4 Å². The second-order valence-corrected chi connectivity index (χ2v) is 11.5. The summed E-state index contributed by atoms with van der Waals surface area (Å²) in [5.41, 5.74) is -0.244. The minimum absolute atomic E-state index is 0.0815. The van der Waals surface area contributed by atoms with E-state index in [1.165, 1.54) is 15.5 Å². The lowest BCUT2D eigenvalue weighted by molar-refractivity contribution is -0.134. The van der Waals surface area contributed by atoms with Crippen molar-refractivity contribution in [2.75, 3.05) is 12.0 Å². The van der Waals surface area contributed by atoms with Gasteiger partial charge in [-0.05, 0) is 42.8 Å². The van der Waals surface area contributed by atoms with Crippen LogP contribution in [0.4, 0.5) is 11.6 Å². The Kier molecular flexibility index (Phi) is 6.85. The van der Waals surface area contributed by atoms with Crippen LogP contribution in [0.3, 0.4) is 0 Å². The van der Waals surface area contributed by atoms with Crippen LogP contribution in [0.25, 0.3) is 0 Å². The second-order valence-electron chi connectivity index (χ2n) is 7.95. The van der Waals surface area contributed by atoms with Gasteiger partial charge in [-0.3, -0.25) is 9.36 Å². The van der Waals surface area contributed by atoms with Crippen LogP contribution in [0.2, 0.25) is 10.0 Å². The lowest BCUT2D eigenvalue weighted by atomic mass is 9.92. The fourth-order valence-corrected chi connectivity index (χ4v) is 5.86. The third-order valence-corrected chi connectivity index (χ3v) is 7.84. The number of ether oxygens (including phenoxy) is 1. The van der Waals surface area contributed by atoms with E-state index in [2.05, 4.69) is 25.7 Å². The minimum atomic E-state index is -4.18. The van der Waals surface area contributed by atoms with Crippen LogP contribution in [-0.4, -0.2) is 37.0 Å². The first-order valence-electron chi connectivity index (χ1n) is 10.1. The third-order valence-electron chi connectivity index (χ3n) is 5.51. The number of hydrogen-bond acceptors (Lipinski definition) is 6. The second kappa shape index (κ2) is 9.42. The fourth-order valence-electron chi connectivity index (χ4n) is 3.92. The first kappa shape index (κ1) is 25.4. The van der Waals surface area contributed by atoms with E-state index in [1.54, 1.807) is 19.1 Å². The molecular weight excluding hydrogens is 581 g/mol. The molecular formula is C23H18BrCl2N3O5S. The number of halogens is 3. The summed E-state index contributed by atoms with van der Waals surface area (Å²) in [5.74, 6) is -1.17. The van der Waals surface area contributed by atoms with Crippen molar-refractivity contribution in [2.24, 2.45) is 0 Å². The number of esters is 1. The first-order valence-corrected chi connectivity index (χ1v) is 13.2. The Morgan fingerprint density at radius 1 is 1.17 bits per heavy atom. The number of methoxy groups -OCH3 is 1. The van der Waals surface area contributed by atoms with E-state index in [0.717, 1.165) is 34.8 Å². The Morgan fingerprint density at radius 3 is 2.40 bits per heavy atom. The monoisotopic (exact) mass is 597 g/mol. The summed E-state index contributed by atoms with van der Waals surface area (Å²) in [7, 11) is -3.05. The highest BCUT2D eigenvalue weighted by Gasteiger charge is 2.51. The summed E-state index contributed by atoms with van der Waals surface area (Å²) in [4.78, 5) is 31.0. The standard InChI is InChI=1S/C23H18BrCl2N3O5S/c1-23(12-14-3-5-15(24)6-4-14)21(31)28(18-10-16(25)9-17(26)11-18)22-27-13-19(29(22)23)35(32,33)8-7-20(30)34-2/h3-11,13H,12H2,1-2H3/t23-/m1/s1. The summed E-state index contributed by atoms with van der Waals surface area (Å²) in [5, 5.41) is 1.07. The number of carbonyl (C=O) groups is 2. The van der Waals surface area contributed by atoms with Crippen molar-refractivity contribution in [3.8, 4) is 0 Å². The topological polar surface area (TPSA) is 98.6 Å². The summed E-state index contributed by atoms with van der Waals surface area (Å²) in [6.45, 7) is 1.64. The molecule has 0 N–H and O–H groups in total. The summed E-state index contributed by atoms with van der Waals surface area (Å²) < 4.78 is 33.1. The summed E-state index contributed by atoms with van der Waals surface area (Å²) >= 11 is 15.7. The van der Waals surface area contributed by atoms with Crippen molar-refractivity contribution in [2.45, 2.75) is 23.9 Å². The van der Waals surface area contributed by atoms with Gasteiger partial charge in [0.05, 0.1) is 19.0 Å². The molecule has 0 saturated carbocycles. The number of benzene rings is 2. The van der Waals surface area contributed by atoms with Crippen molar-refractivity contribution in [3.05, 3.63) is 80.2 Å². The Balaban J connectivity index is 1.91. The Hall–Kier alpha value is -2.66. The van der Waals surface area contributed by atoms with E-state index in [0.29, 0.717) is 15.7 Å². The van der Waals surface area contributed by atoms with Gasteiger partial charge in [0.25, 0.3) is 5.91 Å². The zero-order chi connectivity index (χ0) is 25.5. The van der Waals surface area contributed by atoms with E-state index in [1.807, 2.05) is 24.3 Å². The molecule has 0 radical (unpaired) electrons. The van der Waals surface area contributed by atoms with Gasteiger partial charge in [0.1, 0.15) is 5.54 Å². The number of rotatable bonds is 6. The van der Waals surface area contributed by atoms with Gasteiger partial charge in [-0.15, -0.1) is 0 Å².